The Hall–Kier alpha value is -2.80. The summed E-state index contributed by atoms with van der Waals surface area (Å²) in [5, 5.41) is 8.48. The first-order chi connectivity index (χ1) is 16.5. The second kappa shape index (κ2) is 11.1. The lowest BCUT2D eigenvalue weighted by Crippen LogP contribution is -2.37. The number of amides is 1. The summed E-state index contributed by atoms with van der Waals surface area (Å²) in [6.45, 7) is 4.06. The molecular weight excluding hydrogens is 446 g/mol. The fraction of sp³-hybridized carbons (Fsp3) is 0.444. The molecule has 6 nitrogen and oxygen atoms in total. The van der Waals surface area contributed by atoms with E-state index in [9.17, 15) is 9.59 Å². The van der Waals surface area contributed by atoms with Crippen molar-refractivity contribution in [3.05, 3.63) is 64.7 Å². The van der Waals surface area contributed by atoms with E-state index in [0.717, 1.165) is 55.1 Å². The highest BCUT2D eigenvalue weighted by atomic mass is 32.2. The maximum absolute atomic E-state index is 13.1. The molecule has 1 saturated heterocycles. The van der Waals surface area contributed by atoms with Gasteiger partial charge in [0.15, 0.2) is 0 Å². The van der Waals surface area contributed by atoms with E-state index in [2.05, 4.69) is 17.0 Å². The van der Waals surface area contributed by atoms with Gasteiger partial charge in [-0.1, -0.05) is 18.2 Å². The lowest BCUT2D eigenvalue weighted by atomic mass is 9.82. The van der Waals surface area contributed by atoms with Gasteiger partial charge in [0.05, 0.1) is 6.61 Å². The minimum Gasteiger partial charge on any atom is -0.466 e. The summed E-state index contributed by atoms with van der Waals surface area (Å²) in [5.74, 6) is 2.77. The number of nitrogens with zero attached hydrogens (tertiary/aromatic N) is 2. The van der Waals surface area contributed by atoms with Gasteiger partial charge in [-0.2, -0.15) is 11.8 Å². The summed E-state index contributed by atoms with van der Waals surface area (Å²) < 4.78 is 5.10. The van der Waals surface area contributed by atoms with Crippen molar-refractivity contribution >= 4 is 35.2 Å². The molecular formula is C27H33N3O3S. The van der Waals surface area contributed by atoms with Gasteiger partial charge < -0.3 is 14.5 Å². The fourth-order valence-corrected chi connectivity index (χ4v) is 5.61. The van der Waals surface area contributed by atoms with Gasteiger partial charge >= 0.3 is 5.97 Å². The highest BCUT2D eigenvalue weighted by Gasteiger charge is 2.23. The third kappa shape index (κ3) is 5.63. The Labute approximate surface area is 206 Å². The zero-order valence-electron chi connectivity index (χ0n) is 20.0. The topological polar surface area (TPSA) is 73.7 Å². The molecule has 0 bridgehead atoms. The molecule has 4 rings (SSSR count). The van der Waals surface area contributed by atoms with Gasteiger partial charge in [-0.05, 0) is 67.5 Å². The largest absolute Gasteiger partial charge is 0.466 e. The number of carbonyl (C=O) groups excluding carboxylic acids is 2. The maximum Gasteiger partial charge on any atom is 0.306 e. The fourth-order valence-electron chi connectivity index (χ4n) is 4.71. The predicted octanol–water partition coefficient (Wildman–Crippen LogP) is 4.40. The molecule has 2 aromatic carbocycles. The number of benzene rings is 2. The van der Waals surface area contributed by atoms with E-state index in [-0.39, 0.29) is 11.9 Å². The van der Waals surface area contributed by atoms with Crippen molar-refractivity contribution in [3.8, 4) is 0 Å². The maximum atomic E-state index is 13.1. The smallest absolute Gasteiger partial charge is 0.306 e. The third-order valence-corrected chi connectivity index (χ3v) is 7.65. The summed E-state index contributed by atoms with van der Waals surface area (Å²) in [6, 6.07) is 13.6. The molecule has 34 heavy (non-hydrogen) atoms. The molecule has 0 radical (unpaired) electrons. The lowest BCUT2D eigenvalue weighted by molar-refractivity contribution is -0.144. The average molecular weight is 480 g/mol. The highest BCUT2D eigenvalue weighted by molar-refractivity contribution is 7.99. The minimum absolute atomic E-state index is 0.0663. The number of nitrogens with one attached hydrogen (secondary N) is 1. The molecule has 2 aromatic rings. The van der Waals surface area contributed by atoms with Gasteiger partial charge in [0, 0.05) is 54.9 Å². The first-order valence-electron chi connectivity index (χ1n) is 12.0. The molecule has 7 heteroatoms. The Morgan fingerprint density at radius 2 is 1.79 bits per heavy atom. The van der Waals surface area contributed by atoms with E-state index in [1.165, 1.54) is 11.1 Å². The van der Waals surface area contributed by atoms with E-state index >= 15 is 0 Å². The number of anilines is 1. The van der Waals surface area contributed by atoms with Crippen molar-refractivity contribution in [2.24, 2.45) is 5.92 Å². The van der Waals surface area contributed by atoms with Crippen LogP contribution in [0, 0.1) is 11.3 Å². The van der Waals surface area contributed by atoms with Crippen LogP contribution in [0.3, 0.4) is 0 Å². The molecule has 2 aliphatic rings. The first-order valence-corrected chi connectivity index (χ1v) is 13.2. The van der Waals surface area contributed by atoms with Crippen molar-refractivity contribution in [3.63, 3.8) is 0 Å². The number of hydrogen-bond donors (Lipinski definition) is 1. The zero-order valence-corrected chi connectivity index (χ0v) is 20.8. The quantitative estimate of drug-likeness (QED) is 0.378. The van der Waals surface area contributed by atoms with Gasteiger partial charge in [-0.25, -0.2) is 0 Å². The summed E-state index contributed by atoms with van der Waals surface area (Å²) in [6.07, 6.45) is 3.20. The third-order valence-electron chi connectivity index (χ3n) is 6.71. The van der Waals surface area contributed by atoms with E-state index in [4.69, 9.17) is 10.1 Å². The van der Waals surface area contributed by atoms with E-state index in [1.54, 1.807) is 11.9 Å². The monoisotopic (exact) mass is 479 g/mol. The number of hydrogen-bond acceptors (Lipinski definition) is 5. The van der Waals surface area contributed by atoms with Crippen LogP contribution in [0.4, 0.5) is 5.69 Å². The molecule has 180 valence electrons. The molecule has 0 aromatic heterocycles. The number of thioether (sulfide) groups is 1. The number of ether oxygens (including phenoxy) is 1. The van der Waals surface area contributed by atoms with Crippen molar-refractivity contribution in [1.82, 2.24) is 4.90 Å². The summed E-state index contributed by atoms with van der Waals surface area (Å²) in [5.41, 5.74) is 4.83. The van der Waals surface area contributed by atoms with Crippen LogP contribution in [0.2, 0.25) is 0 Å². The number of rotatable bonds is 6. The first kappa shape index (κ1) is 24.3. The van der Waals surface area contributed by atoms with Crippen LogP contribution in [0.15, 0.2) is 42.5 Å². The number of aryl methyl sites for hydroxylation is 1. The van der Waals surface area contributed by atoms with Crippen LogP contribution in [-0.4, -0.2) is 60.9 Å². The lowest BCUT2D eigenvalue weighted by Gasteiger charge is -2.28. The molecule has 0 saturated carbocycles. The highest BCUT2D eigenvalue weighted by Crippen LogP contribution is 2.31. The number of amidine groups is 1. The number of fused-ring (bicyclic) bond motifs is 1. The Kier molecular flexibility index (Phi) is 7.93. The standard InChI is InChI=1S/C27H33N3O3S/c1-3-33-25(31)17-19-4-5-23-18-24(11-10-22(23)16-19)29(2)27(32)21-8-6-20(7-9-21)26(28)30-12-14-34-15-13-30/h6-11,18-19,28H,3-5,12-17H2,1-2H3. The molecule has 1 amide bonds. The van der Waals surface area contributed by atoms with Gasteiger partial charge in [0.2, 0.25) is 0 Å². The van der Waals surface area contributed by atoms with Gasteiger partial charge in [-0.15, -0.1) is 0 Å². The van der Waals surface area contributed by atoms with Crippen molar-refractivity contribution in [2.45, 2.75) is 32.6 Å². The Morgan fingerprint density at radius 1 is 1.09 bits per heavy atom. The molecule has 1 aliphatic heterocycles. The Bertz CT molecular complexity index is 1050. The summed E-state index contributed by atoms with van der Waals surface area (Å²) in [7, 11) is 1.80. The summed E-state index contributed by atoms with van der Waals surface area (Å²) >= 11 is 1.92. The van der Waals surface area contributed by atoms with Crippen LogP contribution in [-0.2, 0) is 22.4 Å². The van der Waals surface area contributed by atoms with Crippen LogP contribution in [0.25, 0.3) is 0 Å². The second-order valence-electron chi connectivity index (χ2n) is 8.96. The Balaban J connectivity index is 1.40. The zero-order chi connectivity index (χ0) is 24.1. The van der Waals surface area contributed by atoms with Gasteiger partial charge in [-0.3, -0.25) is 15.0 Å². The molecule has 1 atom stereocenters. The SMILES string of the molecule is CCOC(=O)CC1CCc2cc(N(C)C(=O)c3ccc(C(=N)N4CCSCC4)cc3)ccc2C1. The predicted molar refractivity (Wildman–Crippen MR) is 138 cm³/mol. The minimum atomic E-state index is -0.117. The molecule has 0 spiro atoms. The number of esters is 1. The van der Waals surface area contributed by atoms with Crippen molar-refractivity contribution < 1.29 is 14.3 Å². The van der Waals surface area contributed by atoms with Crippen LogP contribution in [0.5, 0.6) is 0 Å². The number of carbonyl (C=O) groups is 2. The van der Waals surface area contributed by atoms with Crippen LogP contribution >= 0.6 is 11.8 Å². The van der Waals surface area contributed by atoms with E-state index in [1.807, 2.05) is 49.0 Å². The Morgan fingerprint density at radius 3 is 2.50 bits per heavy atom. The van der Waals surface area contributed by atoms with E-state index < -0.39 is 0 Å². The van der Waals surface area contributed by atoms with E-state index in [0.29, 0.717) is 30.3 Å². The second-order valence-corrected chi connectivity index (χ2v) is 10.2. The van der Waals surface area contributed by atoms with Crippen LogP contribution < -0.4 is 4.90 Å². The summed E-state index contributed by atoms with van der Waals surface area (Å²) in [4.78, 5) is 28.8. The van der Waals surface area contributed by atoms with Crippen LogP contribution in [0.1, 0.15) is 46.8 Å². The van der Waals surface area contributed by atoms with Crippen molar-refractivity contribution in [2.75, 3.05) is 43.1 Å². The molecule has 1 aliphatic carbocycles. The normalized spacial score (nSPS) is 17.6. The molecule has 1 unspecified atom stereocenters. The van der Waals surface area contributed by atoms with Crippen molar-refractivity contribution in [1.29, 1.82) is 5.41 Å². The molecule has 1 heterocycles. The molecule has 1 N–H and O–H groups in total. The molecule has 1 fully saturated rings. The van der Waals surface area contributed by atoms with Gasteiger partial charge in [0.25, 0.3) is 5.91 Å². The van der Waals surface area contributed by atoms with Gasteiger partial charge in [0.1, 0.15) is 5.84 Å². The average Bonchev–Trinajstić information content (AvgIpc) is 2.88.